The van der Waals surface area contributed by atoms with Crippen molar-refractivity contribution >= 4 is 17.7 Å². The van der Waals surface area contributed by atoms with Gasteiger partial charge in [0, 0.05) is 44.8 Å². The Bertz CT molecular complexity index is 554. The standard InChI is InChI=1S/C18H27N3O3/c1-3-15-7-5-6-8-16(15)19-10-9-17(22)20-11-13-21(14-12-20)18(23)24-4-2/h5-8,19H,3-4,9-14H2,1-2H3. The van der Waals surface area contributed by atoms with Crippen molar-refractivity contribution in [1.82, 2.24) is 9.80 Å². The summed E-state index contributed by atoms with van der Waals surface area (Å²) in [6.07, 6.45) is 1.13. The lowest BCUT2D eigenvalue weighted by molar-refractivity contribution is -0.132. The van der Waals surface area contributed by atoms with E-state index in [1.807, 2.05) is 23.1 Å². The number of anilines is 1. The summed E-state index contributed by atoms with van der Waals surface area (Å²) in [5.41, 5.74) is 2.35. The lowest BCUT2D eigenvalue weighted by Crippen LogP contribution is -2.50. The zero-order valence-electron chi connectivity index (χ0n) is 14.6. The van der Waals surface area contributed by atoms with Crippen LogP contribution in [0.15, 0.2) is 24.3 Å². The van der Waals surface area contributed by atoms with Gasteiger partial charge < -0.3 is 19.9 Å². The van der Waals surface area contributed by atoms with Crippen molar-refractivity contribution in [1.29, 1.82) is 0 Å². The fourth-order valence-electron chi connectivity index (χ4n) is 2.82. The van der Waals surface area contributed by atoms with Crippen LogP contribution in [0.5, 0.6) is 0 Å². The number of para-hydroxylation sites is 1. The molecule has 0 bridgehead atoms. The molecular formula is C18H27N3O3. The Balaban J connectivity index is 1.73. The first-order chi connectivity index (χ1) is 11.7. The minimum Gasteiger partial charge on any atom is -0.450 e. The number of hydrogen-bond acceptors (Lipinski definition) is 4. The van der Waals surface area contributed by atoms with Gasteiger partial charge in [-0.05, 0) is 25.0 Å². The fraction of sp³-hybridized carbons (Fsp3) is 0.556. The molecule has 0 radical (unpaired) electrons. The van der Waals surface area contributed by atoms with Crippen LogP contribution in [0.3, 0.4) is 0 Å². The number of ether oxygens (including phenoxy) is 1. The first-order valence-electron chi connectivity index (χ1n) is 8.67. The minimum absolute atomic E-state index is 0.125. The number of carbonyl (C=O) groups excluding carboxylic acids is 2. The third kappa shape index (κ3) is 4.88. The Hall–Kier alpha value is -2.24. The Labute approximate surface area is 143 Å². The zero-order valence-corrected chi connectivity index (χ0v) is 14.6. The molecule has 0 atom stereocenters. The highest BCUT2D eigenvalue weighted by molar-refractivity contribution is 5.77. The number of nitrogens with zero attached hydrogens (tertiary/aromatic N) is 2. The van der Waals surface area contributed by atoms with E-state index >= 15 is 0 Å². The number of rotatable bonds is 6. The predicted molar refractivity (Wildman–Crippen MR) is 94.1 cm³/mol. The van der Waals surface area contributed by atoms with E-state index in [9.17, 15) is 9.59 Å². The summed E-state index contributed by atoms with van der Waals surface area (Å²) in [6.45, 7) is 7.13. The van der Waals surface area contributed by atoms with Crippen molar-refractivity contribution in [3.8, 4) is 0 Å². The molecule has 2 amide bonds. The second-order valence-corrected chi connectivity index (χ2v) is 5.75. The number of carbonyl (C=O) groups is 2. The maximum absolute atomic E-state index is 12.3. The molecule has 1 aromatic rings. The van der Waals surface area contributed by atoms with E-state index in [1.54, 1.807) is 11.8 Å². The molecule has 0 unspecified atom stereocenters. The third-order valence-corrected chi connectivity index (χ3v) is 4.21. The van der Waals surface area contributed by atoms with Gasteiger partial charge in [0.25, 0.3) is 0 Å². The molecule has 0 aliphatic carbocycles. The molecule has 1 heterocycles. The Kier molecular flexibility index (Phi) is 6.90. The molecule has 0 aromatic heterocycles. The van der Waals surface area contributed by atoms with Gasteiger partial charge in [0.05, 0.1) is 6.61 Å². The number of piperazine rings is 1. The molecule has 1 aromatic carbocycles. The summed E-state index contributed by atoms with van der Waals surface area (Å²) in [4.78, 5) is 27.4. The summed E-state index contributed by atoms with van der Waals surface area (Å²) in [7, 11) is 0. The molecule has 1 fully saturated rings. The van der Waals surface area contributed by atoms with Crippen molar-refractivity contribution in [3.63, 3.8) is 0 Å². The van der Waals surface area contributed by atoms with Crippen LogP contribution in [0.1, 0.15) is 25.8 Å². The van der Waals surface area contributed by atoms with Gasteiger partial charge in [-0.2, -0.15) is 0 Å². The van der Waals surface area contributed by atoms with Gasteiger partial charge in [-0.3, -0.25) is 4.79 Å². The molecule has 2 rings (SSSR count). The third-order valence-electron chi connectivity index (χ3n) is 4.21. The highest BCUT2D eigenvalue weighted by Crippen LogP contribution is 2.15. The summed E-state index contributed by atoms with van der Waals surface area (Å²) in [6, 6.07) is 8.16. The number of aryl methyl sites for hydroxylation is 1. The van der Waals surface area contributed by atoms with Gasteiger partial charge in [0.2, 0.25) is 5.91 Å². The number of benzene rings is 1. The highest BCUT2D eigenvalue weighted by atomic mass is 16.6. The van der Waals surface area contributed by atoms with Crippen molar-refractivity contribution in [2.45, 2.75) is 26.7 Å². The summed E-state index contributed by atoms with van der Waals surface area (Å²) in [5.74, 6) is 0.125. The lowest BCUT2D eigenvalue weighted by Gasteiger charge is -2.34. The maximum Gasteiger partial charge on any atom is 0.409 e. The van der Waals surface area contributed by atoms with Crippen LogP contribution < -0.4 is 5.32 Å². The summed E-state index contributed by atoms with van der Waals surface area (Å²) < 4.78 is 4.99. The fourth-order valence-corrected chi connectivity index (χ4v) is 2.82. The second-order valence-electron chi connectivity index (χ2n) is 5.75. The van der Waals surface area contributed by atoms with E-state index in [-0.39, 0.29) is 12.0 Å². The Morgan fingerprint density at radius 3 is 2.42 bits per heavy atom. The van der Waals surface area contributed by atoms with E-state index in [0.717, 1.165) is 12.1 Å². The molecule has 0 spiro atoms. The molecule has 1 saturated heterocycles. The van der Waals surface area contributed by atoms with E-state index in [1.165, 1.54) is 5.56 Å². The van der Waals surface area contributed by atoms with Gasteiger partial charge in [-0.1, -0.05) is 25.1 Å². The number of nitrogens with one attached hydrogen (secondary N) is 1. The molecular weight excluding hydrogens is 306 g/mol. The largest absolute Gasteiger partial charge is 0.450 e. The zero-order chi connectivity index (χ0) is 17.4. The Morgan fingerprint density at radius 1 is 1.08 bits per heavy atom. The molecule has 1 aliphatic rings. The van der Waals surface area contributed by atoms with Gasteiger partial charge in [-0.25, -0.2) is 4.79 Å². The molecule has 0 saturated carbocycles. The van der Waals surface area contributed by atoms with Crippen LogP contribution in [0.2, 0.25) is 0 Å². The molecule has 24 heavy (non-hydrogen) atoms. The van der Waals surface area contributed by atoms with Crippen LogP contribution in [0.25, 0.3) is 0 Å². The summed E-state index contributed by atoms with van der Waals surface area (Å²) >= 11 is 0. The van der Waals surface area contributed by atoms with Crippen molar-refractivity contribution in [2.24, 2.45) is 0 Å². The van der Waals surface area contributed by atoms with Gasteiger partial charge in [0.1, 0.15) is 0 Å². The quantitative estimate of drug-likeness (QED) is 0.868. The van der Waals surface area contributed by atoms with E-state index in [0.29, 0.717) is 45.8 Å². The second kappa shape index (κ2) is 9.15. The first kappa shape index (κ1) is 18.1. The molecule has 1 N–H and O–H groups in total. The molecule has 6 nitrogen and oxygen atoms in total. The lowest BCUT2D eigenvalue weighted by atomic mass is 10.1. The number of amides is 2. The van der Waals surface area contributed by atoms with Gasteiger partial charge >= 0.3 is 6.09 Å². The summed E-state index contributed by atoms with van der Waals surface area (Å²) in [5, 5.41) is 3.35. The van der Waals surface area contributed by atoms with Crippen molar-refractivity contribution < 1.29 is 14.3 Å². The monoisotopic (exact) mass is 333 g/mol. The minimum atomic E-state index is -0.289. The number of hydrogen-bond donors (Lipinski definition) is 1. The van der Waals surface area contributed by atoms with Crippen LogP contribution in [-0.2, 0) is 16.0 Å². The van der Waals surface area contributed by atoms with Gasteiger partial charge in [0.15, 0.2) is 0 Å². The topological polar surface area (TPSA) is 61.9 Å². The van der Waals surface area contributed by atoms with Crippen LogP contribution in [0.4, 0.5) is 10.5 Å². The van der Waals surface area contributed by atoms with Crippen LogP contribution >= 0.6 is 0 Å². The average molecular weight is 333 g/mol. The van der Waals surface area contributed by atoms with Crippen LogP contribution in [0, 0.1) is 0 Å². The van der Waals surface area contributed by atoms with E-state index in [4.69, 9.17) is 4.74 Å². The van der Waals surface area contributed by atoms with Crippen molar-refractivity contribution in [2.75, 3.05) is 44.6 Å². The molecule has 132 valence electrons. The molecule has 1 aliphatic heterocycles. The SMILES string of the molecule is CCOC(=O)N1CCN(C(=O)CCNc2ccccc2CC)CC1. The first-order valence-corrected chi connectivity index (χ1v) is 8.67. The van der Waals surface area contributed by atoms with E-state index in [2.05, 4.69) is 18.3 Å². The maximum atomic E-state index is 12.3. The van der Waals surface area contributed by atoms with E-state index < -0.39 is 0 Å². The smallest absolute Gasteiger partial charge is 0.409 e. The molecule has 6 heteroatoms. The van der Waals surface area contributed by atoms with Crippen LogP contribution in [-0.4, -0.2) is 61.1 Å². The Morgan fingerprint density at radius 2 is 1.75 bits per heavy atom. The average Bonchev–Trinajstić information content (AvgIpc) is 2.62. The normalized spacial score (nSPS) is 14.4. The highest BCUT2D eigenvalue weighted by Gasteiger charge is 2.24. The predicted octanol–water partition coefficient (Wildman–Crippen LogP) is 2.35. The van der Waals surface area contributed by atoms with Gasteiger partial charge in [-0.15, -0.1) is 0 Å². The van der Waals surface area contributed by atoms with Crippen molar-refractivity contribution in [3.05, 3.63) is 29.8 Å².